The van der Waals surface area contributed by atoms with E-state index in [4.69, 9.17) is 4.52 Å². The van der Waals surface area contributed by atoms with Gasteiger partial charge in [-0.2, -0.15) is 0 Å². The summed E-state index contributed by atoms with van der Waals surface area (Å²) in [5.74, 6) is -0.124. The summed E-state index contributed by atoms with van der Waals surface area (Å²) < 4.78 is 27.2. The highest BCUT2D eigenvalue weighted by Gasteiger charge is 2.30. The second-order valence-electron chi connectivity index (χ2n) is 3.91. The van der Waals surface area contributed by atoms with Crippen LogP contribution in [0.4, 0.5) is 0 Å². The molecular weight excluding hydrogens is 232 g/mol. The van der Waals surface area contributed by atoms with E-state index in [9.17, 15) is 13.2 Å². The summed E-state index contributed by atoms with van der Waals surface area (Å²) in [6.07, 6.45) is 1.90. The van der Waals surface area contributed by atoms with Crippen LogP contribution >= 0.6 is 0 Å². The summed E-state index contributed by atoms with van der Waals surface area (Å²) in [4.78, 5) is 11.7. The topological polar surface area (TPSA) is 89.3 Å². The van der Waals surface area contributed by atoms with Crippen molar-refractivity contribution < 1.29 is 17.7 Å². The smallest absolute Gasteiger partial charge is 0.290 e. The summed E-state index contributed by atoms with van der Waals surface area (Å²) in [5.41, 5.74) is 0.637. The van der Waals surface area contributed by atoms with E-state index in [0.717, 1.165) is 0 Å². The second kappa shape index (κ2) is 3.89. The molecule has 88 valence electrons. The molecule has 1 atom stereocenters. The summed E-state index contributed by atoms with van der Waals surface area (Å²) in [5, 5.41) is 6.12. The number of aryl methyl sites for hydroxylation is 1. The van der Waals surface area contributed by atoms with Crippen LogP contribution in [0.3, 0.4) is 0 Å². The van der Waals surface area contributed by atoms with E-state index in [-0.39, 0.29) is 23.3 Å². The third kappa shape index (κ3) is 2.24. The molecule has 1 aliphatic heterocycles. The summed E-state index contributed by atoms with van der Waals surface area (Å²) in [6, 6.07) is -0.318. The highest BCUT2D eigenvalue weighted by molar-refractivity contribution is 7.91. The van der Waals surface area contributed by atoms with Gasteiger partial charge in [0.25, 0.3) is 5.91 Å². The lowest BCUT2D eigenvalue weighted by molar-refractivity contribution is 0.0903. The van der Waals surface area contributed by atoms with E-state index >= 15 is 0 Å². The molecule has 0 spiro atoms. The van der Waals surface area contributed by atoms with Crippen LogP contribution in [0.5, 0.6) is 0 Å². The van der Waals surface area contributed by atoms with Crippen LogP contribution in [0.1, 0.15) is 22.5 Å². The average Bonchev–Trinajstić information content (AvgIpc) is 2.72. The molecular formula is C9H12N2O4S. The molecule has 1 aromatic rings. The van der Waals surface area contributed by atoms with Gasteiger partial charge in [-0.05, 0) is 13.3 Å². The van der Waals surface area contributed by atoms with Crippen molar-refractivity contribution in [3.8, 4) is 0 Å². The van der Waals surface area contributed by atoms with Gasteiger partial charge < -0.3 is 9.84 Å². The van der Waals surface area contributed by atoms with Crippen LogP contribution in [0.15, 0.2) is 10.7 Å². The SMILES string of the molecule is Cc1cnoc1C(=O)NC1CCS(=O)(=O)C1. The van der Waals surface area contributed by atoms with Crippen LogP contribution < -0.4 is 5.32 Å². The van der Waals surface area contributed by atoms with Crippen molar-refractivity contribution >= 4 is 15.7 Å². The molecule has 1 fully saturated rings. The van der Waals surface area contributed by atoms with Crippen LogP contribution in [0.2, 0.25) is 0 Å². The quantitative estimate of drug-likeness (QED) is 0.784. The average molecular weight is 244 g/mol. The van der Waals surface area contributed by atoms with E-state index < -0.39 is 15.7 Å². The minimum Gasteiger partial charge on any atom is -0.351 e. The molecule has 1 amide bonds. The molecule has 0 radical (unpaired) electrons. The monoisotopic (exact) mass is 244 g/mol. The van der Waals surface area contributed by atoms with Gasteiger partial charge in [-0.25, -0.2) is 8.42 Å². The maximum Gasteiger partial charge on any atom is 0.290 e. The van der Waals surface area contributed by atoms with Crippen molar-refractivity contribution in [2.45, 2.75) is 19.4 Å². The van der Waals surface area contributed by atoms with Gasteiger partial charge in [0.05, 0.1) is 17.7 Å². The maximum absolute atomic E-state index is 11.7. The molecule has 1 saturated heterocycles. The fraction of sp³-hybridized carbons (Fsp3) is 0.556. The van der Waals surface area contributed by atoms with Gasteiger partial charge in [0.2, 0.25) is 5.76 Å². The number of hydrogen-bond donors (Lipinski definition) is 1. The zero-order valence-corrected chi connectivity index (χ0v) is 9.58. The third-order valence-corrected chi connectivity index (χ3v) is 4.29. The number of carbonyl (C=O) groups excluding carboxylic acids is 1. The summed E-state index contributed by atoms with van der Waals surface area (Å²) in [6.45, 7) is 1.71. The zero-order chi connectivity index (χ0) is 11.8. The van der Waals surface area contributed by atoms with Crippen LogP contribution in [-0.4, -0.2) is 37.0 Å². The largest absolute Gasteiger partial charge is 0.351 e. The van der Waals surface area contributed by atoms with Gasteiger partial charge in [0, 0.05) is 11.6 Å². The maximum atomic E-state index is 11.7. The van der Waals surface area contributed by atoms with E-state index in [2.05, 4.69) is 10.5 Å². The van der Waals surface area contributed by atoms with Crippen molar-refractivity contribution in [1.29, 1.82) is 0 Å². The Hall–Kier alpha value is -1.37. The molecule has 1 N–H and O–H groups in total. The van der Waals surface area contributed by atoms with E-state index in [1.54, 1.807) is 6.92 Å². The van der Waals surface area contributed by atoms with Crippen molar-refractivity contribution in [3.05, 3.63) is 17.5 Å². The summed E-state index contributed by atoms with van der Waals surface area (Å²) in [7, 11) is -2.98. The summed E-state index contributed by atoms with van der Waals surface area (Å²) >= 11 is 0. The number of hydrogen-bond acceptors (Lipinski definition) is 5. The highest BCUT2D eigenvalue weighted by atomic mass is 32.2. The molecule has 0 aromatic carbocycles. The Kier molecular flexibility index (Phi) is 2.71. The molecule has 6 nitrogen and oxygen atoms in total. The first kappa shape index (κ1) is 11.1. The number of sulfone groups is 1. The number of nitrogens with one attached hydrogen (secondary N) is 1. The van der Waals surface area contributed by atoms with Gasteiger partial charge in [-0.3, -0.25) is 4.79 Å². The standard InChI is InChI=1S/C9H12N2O4S/c1-6-4-10-15-8(6)9(12)11-7-2-3-16(13,14)5-7/h4,7H,2-3,5H2,1H3,(H,11,12). The number of carbonyl (C=O) groups is 1. The van der Waals surface area contributed by atoms with Gasteiger partial charge in [0.15, 0.2) is 9.84 Å². The van der Waals surface area contributed by atoms with Crippen molar-refractivity contribution in [2.75, 3.05) is 11.5 Å². The van der Waals surface area contributed by atoms with Gasteiger partial charge in [0.1, 0.15) is 0 Å². The Morgan fingerprint density at radius 2 is 2.38 bits per heavy atom. The first-order chi connectivity index (χ1) is 7.48. The fourth-order valence-corrected chi connectivity index (χ4v) is 3.34. The Morgan fingerprint density at radius 3 is 2.88 bits per heavy atom. The third-order valence-electron chi connectivity index (χ3n) is 2.52. The second-order valence-corrected chi connectivity index (χ2v) is 6.14. The van der Waals surface area contributed by atoms with Crippen LogP contribution in [0.25, 0.3) is 0 Å². The Balaban J connectivity index is 2.02. The van der Waals surface area contributed by atoms with Crippen molar-refractivity contribution in [3.63, 3.8) is 0 Å². The lowest BCUT2D eigenvalue weighted by Crippen LogP contribution is -2.35. The van der Waals surface area contributed by atoms with Crippen molar-refractivity contribution in [1.82, 2.24) is 10.5 Å². The predicted molar refractivity (Wildman–Crippen MR) is 55.8 cm³/mol. The number of nitrogens with zero attached hydrogens (tertiary/aromatic N) is 1. The van der Waals surface area contributed by atoms with E-state index in [1.807, 2.05) is 0 Å². The molecule has 1 aliphatic rings. The van der Waals surface area contributed by atoms with Gasteiger partial charge in [-0.1, -0.05) is 5.16 Å². The minimum atomic E-state index is -2.98. The molecule has 2 rings (SSSR count). The zero-order valence-electron chi connectivity index (χ0n) is 8.76. The minimum absolute atomic E-state index is 0.00588. The van der Waals surface area contributed by atoms with Crippen LogP contribution in [0, 0.1) is 6.92 Å². The predicted octanol–water partition coefficient (Wildman–Crippen LogP) is -0.100. The Labute approximate surface area is 92.9 Å². The Bertz CT molecular complexity index is 505. The lowest BCUT2D eigenvalue weighted by Gasteiger charge is -2.08. The molecule has 0 aliphatic carbocycles. The highest BCUT2D eigenvalue weighted by Crippen LogP contribution is 2.13. The van der Waals surface area contributed by atoms with Gasteiger partial charge >= 0.3 is 0 Å². The fourth-order valence-electron chi connectivity index (χ4n) is 1.67. The molecule has 16 heavy (non-hydrogen) atoms. The molecule has 0 bridgehead atoms. The number of aromatic nitrogens is 1. The molecule has 7 heteroatoms. The first-order valence-electron chi connectivity index (χ1n) is 4.90. The van der Waals surface area contributed by atoms with E-state index in [1.165, 1.54) is 6.20 Å². The van der Waals surface area contributed by atoms with Crippen molar-refractivity contribution in [2.24, 2.45) is 0 Å². The lowest BCUT2D eigenvalue weighted by atomic mass is 10.2. The molecule has 0 saturated carbocycles. The molecule has 1 aromatic heterocycles. The van der Waals surface area contributed by atoms with Crippen LogP contribution in [-0.2, 0) is 9.84 Å². The van der Waals surface area contributed by atoms with E-state index in [0.29, 0.717) is 12.0 Å². The molecule has 2 heterocycles. The number of amides is 1. The molecule has 1 unspecified atom stereocenters. The Morgan fingerprint density at radius 1 is 1.62 bits per heavy atom. The first-order valence-corrected chi connectivity index (χ1v) is 6.72. The van der Waals surface area contributed by atoms with Gasteiger partial charge in [-0.15, -0.1) is 0 Å². The normalized spacial score (nSPS) is 23.2. The number of rotatable bonds is 2.